The van der Waals surface area contributed by atoms with E-state index in [4.69, 9.17) is 18.5 Å². The van der Waals surface area contributed by atoms with Gasteiger partial charge in [0.2, 0.25) is 0 Å². The number of likely N-dealkylation sites (N-methyl/N-ethyl adjacent to an activating group) is 1. The summed E-state index contributed by atoms with van der Waals surface area (Å²) in [7, 11) is 1.08. The lowest BCUT2D eigenvalue weighted by atomic mass is 10.1. The first-order valence-electron chi connectivity index (χ1n) is 38.7. The predicted octanol–water partition coefficient (Wildman–Crippen LogP) is 25.7. The van der Waals surface area contributed by atoms with Crippen LogP contribution in [0.25, 0.3) is 0 Å². The van der Waals surface area contributed by atoms with Crippen LogP contribution in [0.4, 0.5) is 0 Å². The molecule has 0 aromatic heterocycles. The number of hydrogen-bond acceptors (Lipinski definition) is 8. The zero-order chi connectivity index (χ0) is 74.0. The van der Waals surface area contributed by atoms with Crippen molar-refractivity contribution >= 4 is 19.8 Å². The van der Waals surface area contributed by atoms with Gasteiger partial charge < -0.3 is 27.9 Å². The van der Waals surface area contributed by atoms with Gasteiger partial charge in [-0.15, -0.1) is 0 Å². The van der Waals surface area contributed by atoms with Gasteiger partial charge in [0.15, 0.2) is 6.10 Å². The molecule has 2 atom stereocenters. The van der Waals surface area contributed by atoms with Crippen molar-refractivity contribution < 1.29 is 42.1 Å². The van der Waals surface area contributed by atoms with Crippen LogP contribution in [-0.4, -0.2) is 70.0 Å². The summed E-state index contributed by atoms with van der Waals surface area (Å²) in [5.41, 5.74) is 0. The van der Waals surface area contributed by atoms with Crippen LogP contribution in [-0.2, 0) is 32.7 Å². The number of hydrogen-bond donors (Lipinski definition) is 0. The molecule has 2 unspecified atom stereocenters. The molecule has 0 aromatic rings. The number of ether oxygens (including phenoxy) is 2. The normalized spacial score (nSPS) is 14.6. The van der Waals surface area contributed by atoms with Gasteiger partial charge in [-0.1, -0.05) is 313 Å². The van der Waals surface area contributed by atoms with Crippen molar-refractivity contribution in [1.29, 1.82) is 0 Å². The van der Waals surface area contributed by atoms with Crippen LogP contribution in [0.5, 0.6) is 0 Å². The molecule has 0 heterocycles. The maximum atomic E-state index is 12.9. The molecular weight excluding hydrogens is 1280 g/mol. The molecule has 0 radical (unpaired) electrons. The number of carbonyl (C=O) groups excluding carboxylic acids is 2. The minimum atomic E-state index is -4.68. The first kappa shape index (κ1) is 95.0. The fourth-order valence-electron chi connectivity index (χ4n) is 9.11. The van der Waals surface area contributed by atoms with Gasteiger partial charge in [-0.25, -0.2) is 0 Å². The van der Waals surface area contributed by atoms with Crippen LogP contribution in [0.1, 0.15) is 232 Å². The van der Waals surface area contributed by atoms with Crippen molar-refractivity contribution in [2.24, 2.45) is 0 Å². The Morgan fingerprint density at radius 2 is 0.529 bits per heavy atom. The molecule has 0 aliphatic heterocycles. The molecule has 0 N–H and O–H groups in total. The smallest absolute Gasteiger partial charge is 0.306 e. The molecule has 0 aromatic carbocycles. The zero-order valence-corrected chi connectivity index (χ0v) is 65.1. The maximum absolute atomic E-state index is 12.9. The largest absolute Gasteiger partial charge is 0.756 e. The summed E-state index contributed by atoms with van der Waals surface area (Å²) < 4.78 is 34.3. The highest BCUT2D eigenvalue weighted by Gasteiger charge is 2.22. The van der Waals surface area contributed by atoms with E-state index >= 15 is 0 Å². The second kappa shape index (κ2) is 78.2. The van der Waals surface area contributed by atoms with E-state index in [0.29, 0.717) is 23.9 Å². The SMILES string of the molecule is CC/C=C\C/C=C\C/C=C\C/C=C\C/C=C\C/C=C\C/C=C\C/C=C\C/C=C\C/C=C\C/C=C\C/C=C\CCCCCCC(=O)OC(COC(=O)CCCCC/C=C\C/C=C\C/C=C\C/C=C\C/C=C\C/C=C\C/C=C\C/C=C\C/C=C\C/C=C\C/C=C\CC)COP(=O)([O-])OCC[N+](C)(C)C. The molecule has 0 spiro atoms. The minimum Gasteiger partial charge on any atom is -0.756 e. The third-order valence-electron chi connectivity index (χ3n) is 14.9. The first-order chi connectivity index (χ1) is 50.0. The van der Waals surface area contributed by atoms with Gasteiger partial charge in [0.25, 0.3) is 7.82 Å². The van der Waals surface area contributed by atoms with E-state index in [1.165, 1.54) is 0 Å². The molecule has 0 rings (SSSR count). The molecule has 9 nitrogen and oxygen atoms in total. The summed E-state index contributed by atoms with van der Waals surface area (Å²) in [5.74, 6) is -0.926. The highest BCUT2D eigenvalue weighted by Crippen LogP contribution is 2.38. The average molecular weight is 1420 g/mol. The van der Waals surface area contributed by atoms with Crippen molar-refractivity contribution in [3.05, 3.63) is 279 Å². The number of quaternary nitrogens is 1. The molecule has 0 amide bonds. The summed E-state index contributed by atoms with van der Waals surface area (Å²) >= 11 is 0. The van der Waals surface area contributed by atoms with E-state index in [1.54, 1.807) is 0 Å². The highest BCUT2D eigenvalue weighted by molar-refractivity contribution is 7.45. The van der Waals surface area contributed by atoms with Gasteiger partial charge in [-0.3, -0.25) is 14.2 Å². The quantitative estimate of drug-likeness (QED) is 0.0195. The predicted molar refractivity (Wildman–Crippen MR) is 442 cm³/mol. The van der Waals surface area contributed by atoms with Crippen LogP contribution >= 0.6 is 7.82 Å². The van der Waals surface area contributed by atoms with Crippen LogP contribution in [0.15, 0.2) is 279 Å². The second-order valence-corrected chi connectivity index (χ2v) is 27.0. The third-order valence-corrected chi connectivity index (χ3v) is 15.9. The van der Waals surface area contributed by atoms with E-state index in [-0.39, 0.29) is 26.1 Å². The fourth-order valence-corrected chi connectivity index (χ4v) is 9.84. The Bertz CT molecular complexity index is 2780. The number of phosphoric acid groups is 1. The summed E-state index contributed by atoms with van der Waals surface area (Å²) in [6.07, 6.45) is 132. The number of allylic oxidation sites excluding steroid dienone is 46. The first-order valence-corrected chi connectivity index (χ1v) is 40.2. The lowest BCUT2D eigenvalue weighted by Gasteiger charge is -2.28. The number of nitrogens with zero attached hydrogens (tertiary/aromatic N) is 1. The van der Waals surface area contributed by atoms with Gasteiger partial charge in [-0.05, 0) is 186 Å². The Kier molecular flexibility index (Phi) is 72.8. The number of phosphoric ester groups is 1. The van der Waals surface area contributed by atoms with Crippen molar-refractivity contribution in [2.75, 3.05) is 47.5 Å². The lowest BCUT2D eigenvalue weighted by molar-refractivity contribution is -0.870. The van der Waals surface area contributed by atoms with Crippen molar-refractivity contribution in [3.63, 3.8) is 0 Å². The third kappa shape index (κ3) is 82.0. The number of unbranched alkanes of at least 4 members (excludes halogenated alkanes) is 7. The molecule has 10 heteroatoms. The molecule has 0 fully saturated rings. The highest BCUT2D eigenvalue weighted by atomic mass is 31.2. The van der Waals surface area contributed by atoms with Crippen molar-refractivity contribution in [2.45, 2.75) is 238 Å². The summed E-state index contributed by atoms with van der Waals surface area (Å²) in [4.78, 5) is 38.1. The van der Waals surface area contributed by atoms with Gasteiger partial charge in [0, 0.05) is 12.8 Å². The molecule has 0 aliphatic carbocycles. The Morgan fingerprint density at radius 3 is 0.784 bits per heavy atom. The molecular formula is C92H138NO8P. The van der Waals surface area contributed by atoms with Gasteiger partial charge in [-0.2, -0.15) is 0 Å². The molecule has 0 saturated heterocycles. The van der Waals surface area contributed by atoms with Crippen LogP contribution in [0.2, 0.25) is 0 Å². The number of rotatable bonds is 67. The number of esters is 2. The maximum Gasteiger partial charge on any atom is 0.306 e. The standard InChI is InChI=1S/C92H138NO8P/c1-6-8-10-12-14-16-18-20-22-24-26-28-30-32-34-36-38-40-42-44-45-46-47-49-51-53-55-57-59-61-63-65-67-69-71-73-75-77-79-81-83-85-92(95)101-90(89-100-102(96,97)99-87-86-93(3,4)5)88-98-91(94)84-82-80-78-76-74-72-70-68-66-64-62-60-58-56-54-52-50-48-43-41-39-37-35-33-31-29-27-25-23-21-19-17-15-13-11-9-7-2/h8-11,14-17,20-23,26-29,32-35,38-41,44-45,47-50,53-56,59-62,65-68,71-74,90H,6-7,12-13,18-19,24-25,30-31,36-37,42-43,46,51-52,57-58,63-64,69-70,75-89H2,1-5H3/b10-8-,11-9-,16-14-,17-15-,22-20-,23-21-,28-26-,29-27-,34-32-,35-33-,40-38-,41-39-,45-44-,49-47-,50-48-,55-53-,56-54-,61-59-,62-60-,67-65-,68-66-,73-71-,74-72-. The lowest BCUT2D eigenvalue weighted by Crippen LogP contribution is -2.37. The van der Waals surface area contributed by atoms with E-state index in [9.17, 15) is 19.0 Å². The second-order valence-electron chi connectivity index (χ2n) is 25.5. The number of carbonyl (C=O) groups is 2. The van der Waals surface area contributed by atoms with Gasteiger partial charge in [0.05, 0.1) is 27.7 Å². The van der Waals surface area contributed by atoms with E-state index in [0.717, 1.165) is 193 Å². The topological polar surface area (TPSA) is 111 Å². The van der Waals surface area contributed by atoms with E-state index in [2.05, 4.69) is 293 Å². The molecule has 0 bridgehead atoms. The monoisotopic (exact) mass is 1420 g/mol. The van der Waals surface area contributed by atoms with Gasteiger partial charge in [0.1, 0.15) is 19.8 Å². The summed E-state index contributed by atoms with van der Waals surface area (Å²) in [6, 6.07) is 0. The van der Waals surface area contributed by atoms with Gasteiger partial charge >= 0.3 is 11.9 Å². The van der Waals surface area contributed by atoms with Crippen LogP contribution < -0.4 is 4.89 Å². The van der Waals surface area contributed by atoms with Crippen LogP contribution in [0, 0.1) is 0 Å². The van der Waals surface area contributed by atoms with Crippen LogP contribution in [0.3, 0.4) is 0 Å². The zero-order valence-electron chi connectivity index (χ0n) is 64.2. The summed E-state index contributed by atoms with van der Waals surface area (Å²) in [5, 5.41) is 0. The Labute approximate surface area is 623 Å². The molecule has 0 aliphatic rings. The van der Waals surface area contributed by atoms with E-state index in [1.807, 2.05) is 21.1 Å². The molecule has 0 saturated carbocycles. The Morgan fingerprint density at radius 1 is 0.304 bits per heavy atom. The molecule has 564 valence electrons. The van der Waals surface area contributed by atoms with E-state index < -0.39 is 32.5 Å². The fraction of sp³-hybridized carbons (Fsp3) is 0.478. The van der Waals surface area contributed by atoms with Crippen molar-refractivity contribution in [3.8, 4) is 0 Å². The van der Waals surface area contributed by atoms with Crippen molar-refractivity contribution in [1.82, 2.24) is 0 Å². The molecule has 102 heavy (non-hydrogen) atoms. The average Bonchev–Trinajstić information content (AvgIpc) is 0.916. The summed E-state index contributed by atoms with van der Waals surface area (Å²) in [6.45, 7) is 3.90. The minimum absolute atomic E-state index is 0.0582. The Balaban J connectivity index is 4.26. The Hall–Kier alpha value is -6.97.